The Morgan fingerprint density at radius 2 is 2.09 bits per heavy atom. The van der Waals surface area contributed by atoms with Crippen molar-refractivity contribution in [1.82, 2.24) is 14.5 Å². The highest BCUT2D eigenvalue weighted by Gasteiger charge is 2.26. The summed E-state index contributed by atoms with van der Waals surface area (Å²) >= 11 is 5.97. The van der Waals surface area contributed by atoms with Crippen LogP contribution in [0.15, 0.2) is 52.2 Å². The van der Waals surface area contributed by atoms with E-state index in [9.17, 15) is 19.5 Å². The molecule has 1 aromatic heterocycles. The largest absolute Gasteiger partial charge is 0.478 e. The first-order valence-corrected chi connectivity index (χ1v) is 11.1. The number of hydrogen-bond acceptors (Lipinski definition) is 5. The molecule has 3 aromatic rings. The summed E-state index contributed by atoms with van der Waals surface area (Å²) in [4.78, 5) is 40.0. The molecule has 1 aliphatic rings. The number of aryl methyl sites for hydroxylation is 1. The lowest BCUT2D eigenvalue weighted by Gasteiger charge is -2.33. The Hall–Kier alpha value is -3.43. The van der Waals surface area contributed by atoms with Gasteiger partial charge in [-0.15, -0.1) is 0 Å². The predicted molar refractivity (Wildman–Crippen MR) is 124 cm³/mol. The lowest BCUT2D eigenvalue weighted by molar-refractivity contribution is 0.0693. The van der Waals surface area contributed by atoms with Crippen LogP contribution in [0.25, 0.3) is 0 Å². The Labute approximate surface area is 199 Å². The molecular weight excluding hydrogens is 465 g/mol. The minimum absolute atomic E-state index is 0.180. The Balaban J connectivity index is 1.60. The monoisotopic (exact) mass is 487 g/mol. The number of benzene rings is 2. The number of nitrogens with zero attached hydrogens (tertiary/aromatic N) is 2. The van der Waals surface area contributed by atoms with Crippen molar-refractivity contribution in [3.05, 3.63) is 91.0 Å². The van der Waals surface area contributed by atoms with E-state index in [0.29, 0.717) is 23.7 Å². The zero-order valence-electron chi connectivity index (χ0n) is 18.4. The third-order valence-electron chi connectivity index (χ3n) is 5.84. The van der Waals surface area contributed by atoms with Gasteiger partial charge in [0.25, 0.3) is 5.56 Å². The SMILES string of the molecule is Cc1cn([C@H]2CCCN(Cc3ccc(C(=O)O)c(Oc4cccc(Cl)c4)c3F)C2)c(=O)[nH]c1=O. The summed E-state index contributed by atoms with van der Waals surface area (Å²) in [6, 6.07) is 8.85. The quantitative estimate of drug-likeness (QED) is 0.545. The smallest absolute Gasteiger partial charge is 0.339 e. The van der Waals surface area contributed by atoms with Crippen molar-refractivity contribution >= 4 is 17.6 Å². The molecule has 0 aliphatic carbocycles. The molecular formula is C24H23ClFN3O5. The molecule has 1 fully saturated rings. The van der Waals surface area contributed by atoms with E-state index >= 15 is 4.39 Å². The van der Waals surface area contributed by atoms with E-state index in [1.54, 1.807) is 31.3 Å². The number of carboxylic acid groups (broad SMARTS) is 1. The molecule has 34 heavy (non-hydrogen) atoms. The summed E-state index contributed by atoms with van der Waals surface area (Å²) < 4.78 is 22.6. The van der Waals surface area contributed by atoms with Gasteiger partial charge in [-0.25, -0.2) is 14.0 Å². The molecule has 0 spiro atoms. The normalized spacial score (nSPS) is 16.4. The standard InChI is InChI=1S/C24H23ClFN3O5/c1-14-11-29(24(33)27-22(14)30)17-5-3-9-28(13-17)12-15-7-8-19(23(31)32)21(20(15)26)34-18-6-2-4-16(25)10-18/h2,4,6-8,10-11,17H,3,5,9,12-13H2,1H3,(H,31,32)(H,27,30,33)/t17-/m0/s1. The van der Waals surface area contributed by atoms with Gasteiger partial charge in [0, 0.05) is 35.4 Å². The maximum absolute atomic E-state index is 15.5. The average Bonchev–Trinajstić information content (AvgIpc) is 2.79. The van der Waals surface area contributed by atoms with Crippen molar-refractivity contribution in [2.24, 2.45) is 0 Å². The van der Waals surface area contributed by atoms with Gasteiger partial charge < -0.3 is 9.84 Å². The molecule has 10 heteroatoms. The van der Waals surface area contributed by atoms with E-state index in [2.05, 4.69) is 4.98 Å². The van der Waals surface area contributed by atoms with Crippen LogP contribution in [0, 0.1) is 12.7 Å². The van der Waals surface area contributed by atoms with Crippen LogP contribution in [0.1, 0.15) is 40.4 Å². The Morgan fingerprint density at radius 1 is 1.29 bits per heavy atom. The van der Waals surface area contributed by atoms with Gasteiger partial charge in [0.2, 0.25) is 0 Å². The molecule has 1 saturated heterocycles. The zero-order valence-corrected chi connectivity index (χ0v) is 19.1. The predicted octanol–water partition coefficient (Wildman–Crippen LogP) is 3.97. The van der Waals surface area contributed by atoms with Crippen LogP contribution in [0.2, 0.25) is 5.02 Å². The van der Waals surface area contributed by atoms with Gasteiger partial charge in [-0.05, 0) is 50.6 Å². The van der Waals surface area contributed by atoms with Crippen LogP contribution in [0.3, 0.4) is 0 Å². The Morgan fingerprint density at radius 3 is 2.82 bits per heavy atom. The summed E-state index contributed by atoms with van der Waals surface area (Å²) in [5, 5.41) is 9.90. The van der Waals surface area contributed by atoms with Crippen molar-refractivity contribution in [2.75, 3.05) is 13.1 Å². The molecule has 0 unspecified atom stereocenters. The minimum Gasteiger partial charge on any atom is -0.478 e. The summed E-state index contributed by atoms with van der Waals surface area (Å²) in [6.45, 7) is 2.98. The fourth-order valence-electron chi connectivity index (χ4n) is 4.14. The van der Waals surface area contributed by atoms with Crippen LogP contribution in [-0.4, -0.2) is 38.6 Å². The minimum atomic E-state index is -1.31. The molecule has 1 aliphatic heterocycles. The third-order valence-corrected chi connectivity index (χ3v) is 6.07. The topological polar surface area (TPSA) is 105 Å². The Bertz CT molecular complexity index is 1350. The number of aromatic nitrogens is 2. The van der Waals surface area contributed by atoms with Crippen LogP contribution in [-0.2, 0) is 6.54 Å². The lowest BCUT2D eigenvalue weighted by Crippen LogP contribution is -2.41. The third kappa shape index (κ3) is 5.05. The maximum Gasteiger partial charge on any atom is 0.339 e. The number of rotatable bonds is 6. The molecule has 2 heterocycles. The van der Waals surface area contributed by atoms with E-state index in [1.807, 2.05) is 4.90 Å². The second-order valence-electron chi connectivity index (χ2n) is 8.29. The van der Waals surface area contributed by atoms with Crippen molar-refractivity contribution < 1.29 is 19.0 Å². The number of aromatic carboxylic acids is 1. The summed E-state index contributed by atoms with van der Waals surface area (Å²) in [7, 11) is 0. The van der Waals surface area contributed by atoms with Gasteiger partial charge >= 0.3 is 11.7 Å². The number of carbonyl (C=O) groups is 1. The van der Waals surface area contributed by atoms with Gasteiger partial charge in [0.1, 0.15) is 11.3 Å². The fraction of sp³-hybridized carbons (Fsp3) is 0.292. The van der Waals surface area contributed by atoms with E-state index in [0.717, 1.165) is 12.8 Å². The van der Waals surface area contributed by atoms with Gasteiger partial charge in [-0.1, -0.05) is 23.7 Å². The van der Waals surface area contributed by atoms with Crippen LogP contribution >= 0.6 is 11.6 Å². The van der Waals surface area contributed by atoms with Gasteiger partial charge in [0.05, 0.1) is 6.04 Å². The highest BCUT2D eigenvalue weighted by molar-refractivity contribution is 6.30. The second-order valence-corrected chi connectivity index (χ2v) is 8.73. The maximum atomic E-state index is 15.5. The van der Waals surface area contributed by atoms with E-state index in [4.69, 9.17) is 16.3 Å². The molecule has 0 amide bonds. The molecule has 0 radical (unpaired) electrons. The van der Waals surface area contributed by atoms with Gasteiger partial charge in [-0.3, -0.25) is 19.2 Å². The number of hydrogen-bond donors (Lipinski definition) is 2. The molecule has 4 rings (SSSR count). The highest BCUT2D eigenvalue weighted by atomic mass is 35.5. The van der Waals surface area contributed by atoms with Crippen molar-refractivity contribution in [3.63, 3.8) is 0 Å². The molecule has 2 aromatic carbocycles. The molecule has 2 N–H and O–H groups in total. The highest BCUT2D eigenvalue weighted by Crippen LogP contribution is 2.33. The summed E-state index contributed by atoms with van der Waals surface area (Å²) in [6.07, 6.45) is 3.07. The summed E-state index contributed by atoms with van der Waals surface area (Å²) in [5.74, 6) is -2.24. The Kier molecular flexibility index (Phi) is 6.85. The number of likely N-dealkylation sites (tertiary alicyclic amines) is 1. The number of aromatic amines is 1. The van der Waals surface area contributed by atoms with E-state index in [1.165, 1.54) is 22.8 Å². The first-order valence-electron chi connectivity index (χ1n) is 10.8. The van der Waals surface area contributed by atoms with Crippen molar-refractivity contribution in [3.8, 4) is 11.5 Å². The van der Waals surface area contributed by atoms with Crippen LogP contribution in [0.5, 0.6) is 11.5 Å². The van der Waals surface area contributed by atoms with Gasteiger partial charge in [-0.2, -0.15) is 0 Å². The van der Waals surface area contributed by atoms with Crippen LogP contribution in [0.4, 0.5) is 4.39 Å². The van der Waals surface area contributed by atoms with Gasteiger partial charge in [0.15, 0.2) is 11.6 Å². The van der Waals surface area contributed by atoms with Crippen molar-refractivity contribution in [1.29, 1.82) is 0 Å². The zero-order chi connectivity index (χ0) is 24.4. The summed E-state index contributed by atoms with van der Waals surface area (Å²) in [5.41, 5.74) is -0.478. The van der Waals surface area contributed by atoms with E-state index < -0.39 is 23.0 Å². The molecule has 178 valence electrons. The molecule has 0 bridgehead atoms. The average molecular weight is 488 g/mol. The first kappa shape index (κ1) is 23.7. The number of halogens is 2. The number of H-pyrrole nitrogens is 1. The van der Waals surface area contributed by atoms with Crippen molar-refractivity contribution in [2.45, 2.75) is 32.4 Å². The molecule has 1 atom stereocenters. The first-order chi connectivity index (χ1) is 16.2. The number of nitrogens with one attached hydrogen (secondary N) is 1. The number of ether oxygens (including phenoxy) is 1. The number of piperidine rings is 1. The molecule has 0 saturated carbocycles. The molecule has 8 nitrogen and oxygen atoms in total. The van der Waals surface area contributed by atoms with E-state index in [-0.39, 0.29) is 35.2 Å². The van der Waals surface area contributed by atoms with Crippen LogP contribution < -0.4 is 16.0 Å². The lowest BCUT2D eigenvalue weighted by atomic mass is 10.0. The fourth-order valence-corrected chi connectivity index (χ4v) is 4.32. The second kappa shape index (κ2) is 9.82. The number of carboxylic acids is 1.